The van der Waals surface area contributed by atoms with Crippen molar-refractivity contribution >= 4 is 16.8 Å². The second kappa shape index (κ2) is 7.44. The zero-order valence-corrected chi connectivity index (χ0v) is 15.6. The van der Waals surface area contributed by atoms with Crippen LogP contribution in [0, 0.1) is 0 Å². The molecule has 0 saturated carbocycles. The van der Waals surface area contributed by atoms with Gasteiger partial charge >= 0.3 is 0 Å². The molecule has 0 aliphatic carbocycles. The van der Waals surface area contributed by atoms with E-state index in [4.69, 9.17) is 9.15 Å². The topological polar surface area (TPSA) is 72.5 Å². The van der Waals surface area contributed by atoms with Crippen LogP contribution >= 0.6 is 0 Å². The average Bonchev–Trinajstić information content (AvgIpc) is 3.10. The van der Waals surface area contributed by atoms with Crippen LogP contribution in [0.15, 0.2) is 45.9 Å². The summed E-state index contributed by atoms with van der Waals surface area (Å²) < 4.78 is 12.7. The summed E-state index contributed by atoms with van der Waals surface area (Å²) >= 11 is 0. The summed E-state index contributed by atoms with van der Waals surface area (Å²) in [5, 5.41) is 4.59. The van der Waals surface area contributed by atoms with Crippen LogP contribution in [0.3, 0.4) is 0 Å². The molecule has 1 N–H and O–H groups in total. The predicted molar refractivity (Wildman–Crippen MR) is 104 cm³/mol. The Morgan fingerprint density at radius 2 is 2.26 bits per heavy atom. The van der Waals surface area contributed by atoms with Crippen LogP contribution in [0.4, 0.5) is 5.82 Å². The van der Waals surface area contributed by atoms with Gasteiger partial charge in [0.25, 0.3) is 5.56 Å². The Morgan fingerprint density at radius 3 is 3.11 bits per heavy atom. The lowest BCUT2D eigenvalue weighted by molar-refractivity contribution is 0.398. The van der Waals surface area contributed by atoms with Crippen molar-refractivity contribution in [1.29, 1.82) is 0 Å². The first-order valence-electron chi connectivity index (χ1n) is 9.20. The van der Waals surface area contributed by atoms with E-state index in [0.29, 0.717) is 12.4 Å². The summed E-state index contributed by atoms with van der Waals surface area (Å²) in [5.74, 6) is 2.24. The second-order valence-electron chi connectivity index (χ2n) is 6.95. The Kier molecular flexibility index (Phi) is 4.85. The number of anilines is 1. The molecule has 0 bridgehead atoms. The van der Waals surface area contributed by atoms with Crippen molar-refractivity contribution < 1.29 is 9.15 Å². The minimum atomic E-state index is -0.0515. The molecule has 0 amide bonds. The van der Waals surface area contributed by atoms with Crippen molar-refractivity contribution in [2.75, 3.05) is 25.1 Å². The number of aromatic nitrogens is 2. The third-order valence-electron chi connectivity index (χ3n) is 5.06. The van der Waals surface area contributed by atoms with E-state index in [-0.39, 0.29) is 11.6 Å². The molecule has 7 nitrogen and oxygen atoms in total. The molecule has 1 saturated heterocycles. The van der Waals surface area contributed by atoms with E-state index >= 15 is 0 Å². The molecule has 4 rings (SSSR count). The Morgan fingerprint density at radius 1 is 1.37 bits per heavy atom. The van der Waals surface area contributed by atoms with Gasteiger partial charge in [0.05, 0.1) is 13.7 Å². The van der Waals surface area contributed by atoms with Crippen molar-refractivity contribution in [1.82, 2.24) is 14.9 Å². The molecular weight excluding hydrogens is 344 g/mol. The number of rotatable bonds is 5. The SMILES string of the molecule is COc1ccc2oc(CNC3CCCN(c4nccn(C)c4=O)C3)cc2c1. The fourth-order valence-electron chi connectivity index (χ4n) is 3.57. The molecule has 1 atom stereocenters. The lowest BCUT2D eigenvalue weighted by Crippen LogP contribution is -2.47. The van der Waals surface area contributed by atoms with E-state index in [1.807, 2.05) is 24.3 Å². The van der Waals surface area contributed by atoms with Gasteiger partial charge in [0.2, 0.25) is 0 Å². The molecule has 3 aromatic rings. The zero-order valence-electron chi connectivity index (χ0n) is 15.6. The van der Waals surface area contributed by atoms with E-state index in [0.717, 1.165) is 48.4 Å². The number of fused-ring (bicyclic) bond motifs is 1. The molecule has 1 aromatic carbocycles. The van der Waals surface area contributed by atoms with Gasteiger partial charge in [-0.05, 0) is 37.1 Å². The third-order valence-corrected chi connectivity index (χ3v) is 5.06. The Hall–Kier alpha value is -2.80. The molecule has 3 heterocycles. The number of furan rings is 1. The number of piperidine rings is 1. The smallest absolute Gasteiger partial charge is 0.293 e. The van der Waals surface area contributed by atoms with Crippen LogP contribution in [0.25, 0.3) is 11.0 Å². The number of nitrogens with zero attached hydrogens (tertiary/aromatic N) is 3. The molecule has 1 unspecified atom stereocenters. The Bertz CT molecular complexity index is 994. The largest absolute Gasteiger partial charge is 0.497 e. The Labute approximate surface area is 157 Å². The maximum absolute atomic E-state index is 12.3. The first-order valence-corrected chi connectivity index (χ1v) is 9.20. The molecule has 1 fully saturated rings. The summed E-state index contributed by atoms with van der Waals surface area (Å²) in [6.07, 6.45) is 5.45. The number of hydrogen-bond acceptors (Lipinski definition) is 6. The summed E-state index contributed by atoms with van der Waals surface area (Å²) in [5.41, 5.74) is 0.805. The predicted octanol–water partition coefficient (Wildman–Crippen LogP) is 2.29. The van der Waals surface area contributed by atoms with Crippen molar-refractivity contribution in [3.05, 3.63) is 52.8 Å². The van der Waals surface area contributed by atoms with Gasteiger partial charge in [0.15, 0.2) is 5.82 Å². The van der Waals surface area contributed by atoms with E-state index in [9.17, 15) is 4.79 Å². The van der Waals surface area contributed by atoms with E-state index < -0.39 is 0 Å². The van der Waals surface area contributed by atoms with Crippen LogP contribution in [0.5, 0.6) is 5.75 Å². The van der Waals surface area contributed by atoms with Crippen molar-refractivity contribution in [2.24, 2.45) is 7.05 Å². The first kappa shape index (κ1) is 17.6. The molecule has 1 aliphatic heterocycles. The van der Waals surface area contributed by atoms with E-state index in [2.05, 4.69) is 15.2 Å². The molecule has 0 spiro atoms. The third kappa shape index (κ3) is 3.68. The van der Waals surface area contributed by atoms with Gasteiger partial charge in [-0.1, -0.05) is 0 Å². The van der Waals surface area contributed by atoms with Crippen molar-refractivity contribution in [3.63, 3.8) is 0 Å². The lowest BCUT2D eigenvalue weighted by Gasteiger charge is -2.33. The summed E-state index contributed by atoms with van der Waals surface area (Å²) in [7, 11) is 3.41. The maximum atomic E-state index is 12.3. The van der Waals surface area contributed by atoms with Crippen LogP contribution in [0.2, 0.25) is 0 Å². The number of methoxy groups -OCH3 is 1. The quantitative estimate of drug-likeness (QED) is 0.745. The second-order valence-corrected chi connectivity index (χ2v) is 6.95. The number of benzene rings is 1. The summed E-state index contributed by atoms with van der Waals surface area (Å²) in [4.78, 5) is 18.7. The van der Waals surface area contributed by atoms with Crippen LogP contribution in [0.1, 0.15) is 18.6 Å². The normalized spacial score (nSPS) is 17.4. The van der Waals surface area contributed by atoms with Gasteiger partial charge in [-0.15, -0.1) is 0 Å². The van der Waals surface area contributed by atoms with Crippen molar-refractivity contribution in [3.8, 4) is 5.75 Å². The van der Waals surface area contributed by atoms with Crippen LogP contribution in [-0.4, -0.2) is 35.8 Å². The van der Waals surface area contributed by atoms with Gasteiger partial charge in [0, 0.05) is 44.0 Å². The maximum Gasteiger partial charge on any atom is 0.293 e. The minimum absolute atomic E-state index is 0.0515. The van der Waals surface area contributed by atoms with E-state index in [1.165, 1.54) is 0 Å². The molecule has 0 radical (unpaired) electrons. The zero-order chi connectivity index (χ0) is 18.8. The highest BCUT2D eigenvalue weighted by molar-refractivity contribution is 5.79. The molecule has 2 aromatic heterocycles. The number of ether oxygens (including phenoxy) is 1. The average molecular weight is 368 g/mol. The van der Waals surface area contributed by atoms with Gasteiger partial charge in [-0.3, -0.25) is 4.79 Å². The fourth-order valence-corrected chi connectivity index (χ4v) is 3.57. The molecule has 7 heteroatoms. The molecular formula is C20H24N4O3. The van der Waals surface area contributed by atoms with Crippen molar-refractivity contribution in [2.45, 2.75) is 25.4 Å². The summed E-state index contributed by atoms with van der Waals surface area (Å²) in [6, 6.07) is 8.13. The molecule has 27 heavy (non-hydrogen) atoms. The molecule has 1 aliphatic rings. The monoisotopic (exact) mass is 368 g/mol. The Balaban J connectivity index is 1.42. The number of hydrogen-bond donors (Lipinski definition) is 1. The highest BCUT2D eigenvalue weighted by Crippen LogP contribution is 2.24. The minimum Gasteiger partial charge on any atom is -0.497 e. The van der Waals surface area contributed by atoms with Gasteiger partial charge in [-0.2, -0.15) is 0 Å². The van der Waals surface area contributed by atoms with Gasteiger partial charge < -0.3 is 23.9 Å². The standard InChI is InChI=1S/C20H24N4O3/c1-23-9-7-21-19(20(23)25)24-8-3-4-15(13-24)22-12-17-11-14-10-16(26-2)5-6-18(14)27-17/h5-7,9-11,15,22H,3-4,8,12-13H2,1-2H3. The number of aryl methyl sites for hydroxylation is 1. The van der Waals surface area contributed by atoms with Gasteiger partial charge in [0.1, 0.15) is 17.1 Å². The van der Waals surface area contributed by atoms with Crippen LogP contribution in [-0.2, 0) is 13.6 Å². The number of nitrogens with one attached hydrogen (secondary N) is 1. The highest BCUT2D eigenvalue weighted by atomic mass is 16.5. The van der Waals surface area contributed by atoms with Gasteiger partial charge in [-0.25, -0.2) is 4.98 Å². The lowest BCUT2D eigenvalue weighted by atomic mass is 10.1. The fraction of sp³-hybridized carbons (Fsp3) is 0.400. The highest BCUT2D eigenvalue weighted by Gasteiger charge is 2.23. The molecule has 142 valence electrons. The van der Waals surface area contributed by atoms with E-state index in [1.54, 1.807) is 31.1 Å². The first-order chi connectivity index (χ1) is 13.1. The summed E-state index contributed by atoms with van der Waals surface area (Å²) in [6.45, 7) is 2.27. The van der Waals surface area contributed by atoms with Crippen LogP contribution < -0.4 is 20.5 Å².